The predicted octanol–water partition coefficient (Wildman–Crippen LogP) is 3.05. The minimum absolute atomic E-state index is 0.115. The Bertz CT molecular complexity index is 503. The SMILES string of the molecule is CCNC(c1ccc(CC)cc1)c1cnc(C)cn1. The first-order valence-corrected chi connectivity index (χ1v) is 6.85. The van der Waals surface area contributed by atoms with Crippen LogP contribution in [0.5, 0.6) is 0 Å². The largest absolute Gasteiger partial charge is 0.305 e. The molecule has 1 N–H and O–H groups in total. The Morgan fingerprint density at radius 2 is 1.79 bits per heavy atom. The van der Waals surface area contributed by atoms with E-state index in [0.29, 0.717) is 0 Å². The maximum Gasteiger partial charge on any atom is 0.0801 e. The van der Waals surface area contributed by atoms with E-state index in [2.05, 4.69) is 53.4 Å². The van der Waals surface area contributed by atoms with Gasteiger partial charge in [-0.3, -0.25) is 9.97 Å². The van der Waals surface area contributed by atoms with Crippen LogP contribution < -0.4 is 5.32 Å². The molecule has 0 bridgehead atoms. The van der Waals surface area contributed by atoms with Crippen molar-refractivity contribution in [2.45, 2.75) is 33.2 Å². The van der Waals surface area contributed by atoms with Crippen LogP contribution in [0.2, 0.25) is 0 Å². The number of hydrogen-bond acceptors (Lipinski definition) is 3. The highest BCUT2D eigenvalue weighted by atomic mass is 14.9. The van der Waals surface area contributed by atoms with Crippen molar-refractivity contribution >= 4 is 0 Å². The fourth-order valence-electron chi connectivity index (χ4n) is 2.09. The Morgan fingerprint density at radius 3 is 2.32 bits per heavy atom. The zero-order valence-electron chi connectivity index (χ0n) is 11.9. The summed E-state index contributed by atoms with van der Waals surface area (Å²) in [5.74, 6) is 0. The number of aryl methyl sites for hydroxylation is 2. The Kier molecular flexibility index (Phi) is 4.63. The zero-order valence-corrected chi connectivity index (χ0v) is 11.9. The Hall–Kier alpha value is -1.74. The molecule has 2 rings (SSSR count). The second-order valence-corrected chi connectivity index (χ2v) is 4.67. The first-order valence-electron chi connectivity index (χ1n) is 6.85. The van der Waals surface area contributed by atoms with Gasteiger partial charge in [0.2, 0.25) is 0 Å². The Morgan fingerprint density at radius 1 is 1.05 bits per heavy atom. The van der Waals surface area contributed by atoms with Crippen molar-refractivity contribution in [3.05, 3.63) is 59.2 Å². The molecule has 100 valence electrons. The van der Waals surface area contributed by atoms with Crippen LogP contribution >= 0.6 is 0 Å². The molecule has 2 aromatic rings. The second-order valence-electron chi connectivity index (χ2n) is 4.67. The molecular weight excluding hydrogens is 234 g/mol. The van der Waals surface area contributed by atoms with Gasteiger partial charge in [-0.05, 0) is 31.0 Å². The first-order chi connectivity index (χ1) is 9.24. The van der Waals surface area contributed by atoms with Crippen molar-refractivity contribution in [1.82, 2.24) is 15.3 Å². The highest BCUT2D eigenvalue weighted by Crippen LogP contribution is 2.20. The van der Waals surface area contributed by atoms with Gasteiger partial charge in [-0.2, -0.15) is 0 Å². The second kappa shape index (κ2) is 6.43. The van der Waals surface area contributed by atoms with Gasteiger partial charge in [0.15, 0.2) is 0 Å². The van der Waals surface area contributed by atoms with Crippen molar-refractivity contribution in [2.24, 2.45) is 0 Å². The van der Waals surface area contributed by atoms with Gasteiger partial charge in [-0.1, -0.05) is 38.1 Å². The molecule has 0 saturated carbocycles. The third-order valence-corrected chi connectivity index (χ3v) is 3.23. The van der Waals surface area contributed by atoms with Crippen molar-refractivity contribution < 1.29 is 0 Å². The van der Waals surface area contributed by atoms with Gasteiger partial charge in [-0.25, -0.2) is 0 Å². The van der Waals surface area contributed by atoms with E-state index < -0.39 is 0 Å². The van der Waals surface area contributed by atoms with E-state index in [1.165, 1.54) is 11.1 Å². The number of nitrogens with zero attached hydrogens (tertiary/aromatic N) is 2. The molecule has 3 heteroatoms. The van der Waals surface area contributed by atoms with E-state index in [1.54, 1.807) is 0 Å². The highest BCUT2D eigenvalue weighted by molar-refractivity contribution is 5.30. The molecule has 1 atom stereocenters. The summed E-state index contributed by atoms with van der Waals surface area (Å²) in [6, 6.07) is 8.83. The summed E-state index contributed by atoms with van der Waals surface area (Å²) in [5, 5.41) is 3.47. The quantitative estimate of drug-likeness (QED) is 0.892. The lowest BCUT2D eigenvalue weighted by Crippen LogP contribution is -2.23. The summed E-state index contributed by atoms with van der Waals surface area (Å²) >= 11 is 0. The number of nitrogens with one attached hydrogen (secondary N) is 1. The minimum atomic E-state index is 0.115. The molecule has 1 aromatic heterocycles. The van der Waals surface area contributed by atoms with E-state index in [0.717, 1.165) is 24.4 Å². The molecule has 0 spiro atoms. The Balaban J connectivity index is 2.30. The summed E-state index contributed by atoms with van der Waals surface area (Å²) in [4.78, 5) is 8.83. The molecule has 0 amide bonds. The van der Waals surface area contributed by atoms with Crippen LogP contribution in [0.4, 0.5) is 0 Å². The molecule has 1 unspecified atom stereocenters. The molecule has 0 saturated heterocycles. The standard InChI is InChI=1S/C16H21N3/c1-4-13-6-8-14(9-7-13)16(17-5-2)15-11-18-12(3)10-19-15/h6-11,16-17H,4-5H2,1-3H3. The van der Waals surface area contributed by atoms with Crippen molar-refractivity contribution in [1.29, 1.82) is 0 Å². The maximum absolute atomic E-state index is 4.49. The van der Waals surface area contributed by atoms with Crippen molar-refractivity contribution in [3.63, 3.8) is 0 Å². The number of rotatable bonds is 5. The van der Waals surface area contributed by atoms with Crippen LogP contribution in [0.1, 0.15) is 42.4 Å². The zero-order chi connectivity index (χ0) is 13.7. The molecule has 0 aliphatic heterocycles. The van der Waals surface area contributed by atoms with E-state index >= 15 is 0 Å². The third kappa shape index (κ3) is 3.38. The monoisotopic (exact) mass is 255 g/mol. The normalized spacial score (nSPS) is 12.4. The summed E-state index contributed by atoms with van der Waals surface area (Å²) < 4.78 is 0. The van der Waals surface area contributed by atoms with Gasteiger partial charge in [0.05, 0.1) is 23.6 Å². The lowest BCUT2D eigenvalue weighted by atomic mass is 10.0. The molecule has 0 aliphatic carbocycles. The highest BCUT2D eigenvalue weighted by Gasteiger charge is 2.14. The fourth-order valence-corrected chi connectivity index (χ4v) is 2.09. The molecule has 3 nitrogen and oxygen atoms in total. The van der Waals surface area contributed by atoms with Gasteiger partial charge in [0.1, 0.15) is 0 Å². The third-order valence-electron chi connectivity index (χ3n) is 3.23. The van der Waals surface area contributed by atoms with E-state index in [-0.39, 0.29) is 6.04 Å². The summed E-state index contributed by atoms with van der Waals surface area (Å²) in [7, 11) is 0. The van der Waals surface area contributed by atoms with E-state index in [4.69, 9.17) is 0 Å². The average molecular weight is 255 g/mol. The molecule has 0 aliphatic rings. The van der Waals surface area contributed by atoms with Gasteiger partial charge in [0, 0.05) is 6.20 Å². The van der Waals surface area contributed by atoms with E-state index in [1.807, 2.05) is 19.3 Å². The number of hydrogen-bond donors (Lipinski definition) is 1. The van der Waals surface area contributed by atoms with Crippen molar-refractivity contribution in [3.8, 4) is 0 Å². The fraction of sp³-hybridized carbons (Fsp3) is 0.375. The number of aromatic nitrogens is 2. The summed E-state index contributed by atoms with van der Waals surface area (Å²) in [6.07, 6.45) is 4.74. The molecule has 19 heavy (non-hydrogen) atoms. The van der Waals surface area contributed by atoms with Crippen LogP contribution in [0.15, 0.2) is 36.7 Å². The topological polar surface area (TPSA) is 37.8 Å². The molecule has 0 radical (unpaired) electrons. The van der Waals surface area contributed by atoms with Crippen LogP contribution in [-0.2, 0) is 6.42 Å². The van der Waals surface area contributed by atoms with Crippen LogP contribution in [0, 0.1) is 6.92 Å². The smallest absolute Gasteiger partial charge is 0.0801 e. The van der Waals surface area contributed by atoms with Gasteiger partial charge < -0.3 is 5.32 Å². The van der Waals surface area contributed by atoms with Gasteiger partial charge in [-0.15, -0.1) is 0 Å². The Labute approximate surface area is 115 Å². The molecule has 1 aromatic carbocycles. The maximum atomic E-state index is 4.49. The minimum Gasteiger partial charge on any atom is -0.305 e. The average Bonchev–Trinajstić information content (AvgIpc) is 2.46. The predicted molar refractivity (Wildman–Crippen MR) is 78.1 cm³/mol. The lowest BCUT2D eigenvalue weighted by Gasteiger charge is -2.18. The van der Waals surface area contributed by atoms with Crippen molar-refractivity contribution in [2.75, 3.05) is 6.54 Å². The molecular formula is C16H21N3. The van der Waals surface area contributed by atoms with E-state index in [9.17, 15) is 0 Å². The van der Waals surface area contributed by atoms with Crippen LogP contribution in [0.25, 0.3) is 0 Å². The molecule has 0 fully saturated rings. The molecule has 1 heterocycles. The van der Waals surface area contributed by atoms with Gasteiger partial charge in [0.25, 0.3) is 0 Å². The van der Waals surface area contributed by atoms with Gasteiger partial charge >= 0.3 is 0 Å². The lowest BCUT2D eigenvalue weighted by molar-refractivity contribution is 0.612. The summed E-state index contributed by atoms with van der Waals surface area (Å²) in [5.41, 5.74) is 4.50. The number of benzene rings is 1. The van der Waals surface area contributed by atoms with Crippen LogP contribution in [-0.4, -0.2) is 16.5 Å². The van der Waals surface area contributed by atoms with Crippen LogP contribution in [0.3, 0.4) is 0 Å². The summed E-state index contributed by atoms with van der Waals surface area (Å²) in [6.45, 7) is 7.13. The first kappa shape index (κ1) is 13.7.